The summed E-state index contributed by atoms with van der Waals surface area (Å²) in [4.78, 5) is 34.6. The number of fused-ring (bicyclic) bond motifs is 3. The first-order chi connectivity index (χ1) is 33.0. The van der Waals surface area contributed by atoms with Gasteiger partial charge in [0.25, 0.3) is 20.1 Å². The number of hydrogen-bond acceptors (Lipinski definition) is 9. The molecule has 0 aromatic heterocycles. The fraction of sp³-hybridized carbons (Fsp3) is 0.396. The zero-order valence-electron chi connectivity index (χ0n) is 39.1. The molecular formula is C53H55Cl2F3N4O6Si. The smallest absolute Gasteiger partial charge is 0.340 e. The van der Waals surface area contributed by atoms with Gasteiger partial charge in [-0.25, -0.2) is 18.0 Å². The van der Waals surface area contributed by atoms with E-state index in [0.29, 0.717) is 62.0 Å². The van der Waals surface area contributed by atoms with Crippen LogP contribution >= 0.6 is 23.2 Å². The number of morpholine rings is 1. The molecule has 0 radical (unpaired) electrons. The summed E-state index contributed by atoms with van der Waals surface area (Å²) in [6.45, 7) is 8.51. The molecule has 10 rings (SSSR count). The zero-order valence-corrected chi connectivity index (χ0v) is 41.6. The Morgan fingerprint density at radius 3 is 2.04 bits per heavy atom. The van der Waals surface area contributed by atoms with Gasteiger partial charge in [0.05, 0.1) is 79.0 Å². The molecule has 0 saturated carbocycles. The number of likely N-dealkylation sites (tertiary alicyclic amines) is 1. The first-order valence-electron chi connectivity index (χ1n) is 23.4. The van der Waals surface area contributed by atoms with E-state index in [0.717, 1.165) is 28.9 Å². The van der Waals surface area contributed by atoms with Crippen molar-refractivity contribution in [3.8, 4) is 16.9 Å². The topological polar surface area (TPSA) is 84.0 Å². The van der Waals surface area contributed by atoms with Crippen LogP contribution in [0, 0.1) is 11.2 Å². The summed E-state index contributed by atoms with van der Waals surface area (Å²) < 4.78 is 71.7. The van der Waals surface area contributed by atoms with Crippen LogP contribution in [0.4, 0.5) is 24.5 Å². The monoisotopic (exact) mass is 998 g/mol. The number of ether oxygens (including phenoxy) is 3. The van der Waals surface area contributed by atoms with E-state index in [-0.39, 0.29) is 57.5 Å². The fourth-order valence-corrected chi connectivity index (χ4v) is 16.7. The van der Waals surface area contributed by atoms with Gasteiger partial charge in [0.2, 0.25) is 0 Å². The molecule has 5 aliphatic rings. The number of alkyl halides is 2. The van der Waals surface area contributed by atoms with Crippen LogP contribution in [-0.2, 0) is 20.4 Å². The Kier molecular flexibility index (Phi) is 12.6. The summed E-state index contributed by atoms with van der Waals surface area (Å²) in [6.07, 6.45) is 1.80. The van der Waals surface area contributed by atoms with E-state index in [9.17, 15) is 9.59 Å². The molecule has 2 unspecified atom stereocenters. The summed E-state index contributed by atoms with van der Waals surface area (Å²) in [5.41, 5.74) is 2.88. The van der Waals surface area contributed by atoms with Crippen LogP contribution in [0.15, 0.2) is 103 Å². The average molecular weight is 1000 g/mol. The highest BCUT2D eigenvalue weighted by Crippen LogP contribution is 2.47. The molecule has 362 valence electrons. The third-order valence-corrected chi connectivity index (χ3v) is 20.1. The maximum absolute atomic E-state index is 16.1. The molecule has 2 atom stereocenters. The van der Waals surface area contributed by atoms with E-state index in [2.05, 4.69) is 30.6 Å². The average Bonchev–Trinajstić information content (AvgIpc) is 3.54. The quantitative estimate of drug-likeness (QED) is 0.0898. The van der Waals surface area contributed by atoms with Crippen molar-refractivity contribution in [3.05, 3.63) is 136 Å². The predicted octanol–water partition coefficient (Wildman–Crippen LogP) is 9.28. The number of anilines is 2. The molecule has 16 heteroatoms. The Balaban J connectivity index is 0.783. The lowest BCUT2D eigenvalue weighted by Crippen LogP contribution is -2.73. The highest BCUT2D eigenvalue weighted by molar-refractivity contribution is 6.99. The lowest BCUT2D eigenvalue weighted by atomic mass is 9.72. The lowest BCUT2D eigenvalue weighted by Gasteiger charge is -2.61. The number of hydrogen-bond donors (Lipinski definition) is 0. The van der Waals surface area contributed by atoms with Crippen molar-refractivity contribution in [2.24, 2.45) is 5.41 Å². The maximum Gasteiger partial charge on any atom is 0.340 e. The molecule has 2 bridgehead atoms. The molecule has 4 fully saturated rings. The highest BCUT2D eigenvalue weighted by atomic mass is 35.5. The molecule has 1 spiro atoms. The molecule has 0 N–H and O–H groups in total. The van der Waals surface area contributed by atoms with Crippen LogP contribution in [0.2, 0.25) is 15.1 Å². The van der Waals surface area contributed by atoms with Gasteiger partial charge in [-0.15, -0.1) is 0 Å². The van der Waals surface area contributed by atoms with Gasteiger partial charge in [-0.2, -0.15) is 0 Å². The molecule has 10 nitrogen and oxygen atoms in total. The minimum absolute atomic E-state index is 0.0543. The Morgan fingerprint density at radius 1 is 0.826 bits per heavy atom. The van der Waals surface area contributed by atoms with E-state index in [4.69, 9.17) is 41.8 Å². The van der Waals surface area contributed by atoms with Crippen LogP contribution in [0.25, 0.3) is 11.1 Å². The maximum atomic E-state index is 16.1. The number of para-hydroxylation sites is 1. The van der Waals surface area contributed by atoms with Crippen molar-refractivity contribution in [3.63, 3.8) is 0 Å². The third-order valence-electron chi connectivity index (χ3n) is 14.6. The van der Waals surface area contributed by atoms with Gasteiger partial charge < -0.3 is 33.3 Å². The normalized spacial score (nSPS) is 20.0. The number of carbonyl (C=O) groups is 2. The molecule has 69 heavy (non-hydrogen) atoms. The Hall–Kier alpha value is -5.09. The van der Waals surface area contributed by atoms with Crippen molar-refractivity contribution in [2.75, 3.05) is 76.2 Å². The Morgan fingerprint density at radius 2 is 1.45 bits per heavy atom. The molecule has 1 amide bonds. The van der Waals surface area contributed by atoms with E-state index in [1.807, 2.05) is 66.7 Å². The van der Waals surface area contributed by atoms with Gasteiger partial charge in [0.1, 0.15) is 11.6 Å². The van der Waals surface area contributed by atoms with Crippen LogP contribution in [-0.4, -0.2) is 114 Å². The number of carbonyl (C=O) groups excluding carboxylic acids is 2. The summed E-state index contributed by atoms with van der Waals surface area (Å²) in [6, 6.07) is 31.5. The first-order valence-corrected chi connectivity index (χ1v) is 26.1. The predicted molar refractivity (Wildman–Crippen MR) is 265 cm³/mol. The second kappa shape index (κ2) is 18.3. The van der Waals surface area contributed by atoms with Gasteiger partial charge in [0.15, 0.2) is 6.73 Å². The minimum Gasteiger partial charge on any atom is -0.472 e. The first kappa shape index (κ1) is 47.6. The largest absolute Gasteiger partial charge is 0.472 e. The van der Waals surface area contributed by atoms with E-state index >= 15 is 13.2 Å². The zero-order chi connectivity index (χ0) is 48.5. The van der Waals surface area contributed by atoms with Crippen LogP contribution in [0.5, 0.6) is 5.75 Å². The van der Waals surface area contributed by atoms with E-state index in [1.165, 1.54) is 18.1 Å². The second-order valence-electron chi connectivity index (χ2n) is 20.3. The van der Waals surface area contributed by atoms with Gasteiger partial charge in [-0.3, -0.25) is 9.69 Å². The minimum atomic E-state index is -3.13. The van der Waals surface area contributed by atoms with Crippen molar-refractivity contribution in [2.45, 2.75) is 63.2 Å². The third kappa shape index (κ3) is 8.69. The van der Waals surface area contributed by atoms with E-state index < -0.39 is 50.1 Å². The van der Waals surface area contributed by atoms with Crippen LogP contribution in [0.1, 0.15) is 59.9 Å². The van der Waals surface area contributed by atoms with Crippen molar-refractivity contribution in [1.82, 2.24) is 9.80 Å². The number of benzene rings is 5. The summed E-state index contributed by atoms with van der Waals surface area (Å²) in [7, 11) is -1.85. The fourth-order valence-electron chi connectivity index (χ4n) is 11.5. The number of rotatable bonds is 12. The van der Waals surface area contributed by atoms with Gasteiger partial charge in [-0.1, -0.05) is 123 Å². The SMILES string of the molecule is COC(=O)c1cc(F)c(-c2cccc3c2OCN(C(=O)c2c(Cl)cc(N4CC5(CN(CC(F)(F)CO[Si](c6ccccc6)(c6ccccc6)C(C)(C)C)C5)C4)cc2Cl)C3)cc1N1C2CCC1COC2. The highest BCUT2D eigenvalue weighted by Gasteiger charge is 2.55. The van der Waals surface area contributed by atoms with Crippen molar-refractivity contribution < 1.29 is 41.4 Å². The number of halogens is 5. The number of nitrogens with zero attached hydrogens (tertiary/aromatic N) is 4. The molecule has 5 aliphatic heterocycles. The number of esters is 1. The molecule has 4 saturated heterocycles. The lowest BCUT2D eigenvalue weighted by molar-refractivity contribution is -0.114. The number of amides is 1. The van der Waals surface area contributed by atoms with Crippen LogP contribution in [0.3, 0.4) is 0 Å². The van der Waals surface area contributed by atoms with E-state index in [1.54, 1.807) is 35.2 Å². The van der Waals surface area contributed by atoms with Gasteiger partial charge in [0, 0.05) is 54.0 Å². The Bertz CT molecular complexity index is 2690. The summed E-state index contributed by atoms with van der Waals surface area (Å²) in [5, 5.41) is 1.86. The molecule has 0 aliphatic carbocycles. The van der Waals surface area contributed by atoms with Crippen LogP contribution < -0.4 is 24.9 Å². The number of methoxy groups -OCH3 is 1. The molecule has 5 aromatic carbocycles. The van der Waals surface area contributed by atoms with Crippen molar-refractivity contribution >= 4 is 65.1 Å². The molecule has 5 heterocycles. The van der Waals surface area contributed by atoms with Gasteiger partial charge in [-0.05, 0) is 52.5 Å². The summed E-state index contributed by atoms with van der Waals surface area (Å²) >= 11 is 13.7. The second-order valence-corrected chi connectivity index (χ2v) is 25.5. The molecular weight excluding hydrogens is 945 g/mol. The van der Waals surface area contributed by atoms with Crippen molar-refractivity contribution in [1.29, 1.82) is 0 Å². The van der Waals surface area contributed by atoms with Gasteiger partial charge >= 0.3 is 5.97 Å². The Labute approximate surface area is 411 Å². The summed E-state index contributed by atoms with van der Waals surface area (Å²) in [5.74, 6) is -4.30. The molecule has 5 aromatic rings. The standard InChI is InChI=1S/C53H55Cl2F3N4O6Si/c1-51(2,3)69(38-13-7-5-8-14-38,39-15-9-6-10-16-39)68-32-53(57,58)31-59-27-52(28-59)29-61(30-52)37-20-43(54)47(44(55)21-37)49(63)60-24-34-12-11-17-40(48(34)67-33-60)41-23-46(42(22-45(41)56)50(64)65-4)62-35-18-19-36(62)26-66-25-35/h5-17,20-23,35-36H,18-19,24-33H2,1-4H3.